The summed E-state index contributed by atoms with van der Waals surface area (Å²) in [5.41, 5.74) is 5.77. The quantitative estimate of drug-likeness (QED) is 0.789. The van der Waals surface area contributed by atoms with Crippen molar-refractivity contribution in [1.82, 2.24) is 14.9 Å². The number of carbonyl (C=O) groups excluding carboxylic acids is 1. The standard InChI is InChI=1S/C11H21N5O/c1-5-16(6-2)9(17)7-15(4)11-10(12)13-8(3)14-11/h5-7,12H2,1-4H3,(H,13,14). The number of likely N-dealkylation sites (N-methyl/N-ethyl adjacent to an activating group) is 2. The van der Waals surface area contributed by atoms with Crippen LogP contribution < -0.4 is 10.6 Å². The van der Waals surface area contributed by atoms with Crippen molar-refractivity contribution >= 4 is 17.5 Å². The lowest BCUT2D eigenvalue weighted by molar-refractivity contribution is -0.129. The second-order valence-corrected chi connectivity index (χ2v) is 3.98. The van der Waals surface area contributed by atoms with Crippen molar-refractivity contribution in [2.24, 2.45) is 0 Å². The predicted octanol–water partition coefficient (Wildman–Crippen LogP) is 0.605. The monoisotopic (exact) mass is 239 g/mol. The van der Waals surface area contributed by atoms with Crippen molar-refractivity contribution in [3.63, 3.8) is 0 Å². The van der Waals surface area contributed by atoms with Gasteiger partial charge in [-0.25, -0.2) is 4.98 Å². The van der Waals surface area contributed by atoms with E-state index in [1.165, 1.54) is 0 Å². The lowest BCUT2D eigenvalue weighted by atomic mass is 10.4. The van der Waals surface area contributed by atoms with Gasteiger partial charge in [0.1, 0.15) is 11.6 Å². The van der Waals surface area contributed by atoms with Gasteiger partial charge in [-0.1, -0.05) is 0 Å². The van der Waals surface area contributed by atoms with Gasteiger partial charge in [0.25, 0.3) is 0 Å². The van der Waals surface area contributed by atoms with Crippen LogP contribution in [0.5, 0.6) is 0 Å². The summed E-state index contributed by atoms with van der Waals surface area (Å²) in [5, 5.41) is 0. The first kappa shape index (κ1) is 13.3. The van der Waals surface area contributed by atoms with E-state index in [1.54, 1.807) is 9.80 Å². The minimum absolute atomic E-state index is 0.0811. The SMILES string of the molecule is CCN(CC)C(=O)CN(C)c1nc(C)[nH]c1N. The van der Waals surface area contributed by atoms with Crippen molar-refractivity contribution in [3.8, 4) is 0 Å². The molecule has 1 rings (SSSR count). The number of rotatable bonds is 5. The number of carbonyl (C=O) groups is 1. The zero-order valence-corrected chi connectivity index (χ0v) is 10.9. The normalized spacial score (nSPS) is 10.4. The van der Waals surface area contributed by atoms with Gasteiger partial charge in [0.15, 0.2) is 5.82 Å². The lowest BCUT2D eigenvalue weighted by Crippen LogP contribution is -2.39. The van der Waals surface area contributed by atoms with Crippen LogP contribution in [0.3, 0.4) is 0 Å². The minimum atomic E-state index is 0.0811. The third-order valence-corrected chi connectivity index (χ3v) is 2.68. The number of anilines is 2. The topological polar surface area (TPSA) is 78.2 Å². The highest BCUT2D eigenvalue weighted by Gasteiger charge is 2.16. The molecule has 0 aliphatic heterocycles. The Hall–Kier alpha value is -1.72. The average molecular weight is 239 g/mol. The van der Waals surface area contributed by atoms with Crippen LogP contribution in [0, 0.1) is 6.92 Å². The first-order valence-electron chi connectivity index (χ1n) is 5.80. The van der Waals surface area contributed by atoms with Crippen LogP contribution in [0.15, 0.2) is 0 Å². The number of aryl methyl sites for hydroxylation is 1. The average Bonchev–Trinajstić information content (AvgIpc) is 2.59. The lowest BCUT2D eigenvalue weighted by Gasteiger charge is -2.23. The van der Waals surface area contributed by atoms with Crippen LogP contribution in [-0.4, -0.2) is 47.5 Å². The third kappa shape index (κ3) is 3.12. The van der Waals surface area contributed by atoms with Gasteiger partial charge in [-0.05, 0) is 20.8 Å². The Morgan fingerprint density at radius 1 is 1.41 bits per heavy atom. The summed E-state index contributed by atoms with van der Waals surface area (Å²) < 4.78 is 0. The Kier molecular flexibility index (Phi) is 4.37. The van der Waals surface area contributed by atoms with E-state index in [9.17, 15) is 4.79 Å². The van der Waals surface area contributed by atoms with E-state index in [-0.39, 0.29) is 12.5 Å². The smallest absolute Gasteiger partial charge is 0.242 e. The molecule has 1 heterocycles. The number of H-pyrrole nitrogens is 1. The van der Waals surface area contributed by atoms with Crippen molar-refractivity contribution in [1.29, 1.82) is 0 Å². The highest BCUT2D eigenvalue weighted by Crippen LogP contribution is 2.17. The molecule has 0 aromatic carbocycles. The zero-order chi connectivity index (χ0) is 13.0. The van der Waals surface area contributed by atoms with E-state index in [4.69, 9.17) is 5.73 Å². The van der Waals surface area contributed by atoms with Crippen molar-refractivity contribution in [3.05, 3.63) is 5.82 Å². The Bertz CT molecular complexity index is 383. The number of imidazole rings is 1. The number of amides is 1. The van der Waals surface area contributed by atoms with Gasteiger partial charge < -0.3 is 20.5 Å². The molecule has 0 fully saturated rings. The van der Waals surface area contributed by atoms with Crippen LogP contribution in [0.25, 0.3) is 0 Å². The number of aromatic nitrogens is 2. The van der Waals surface area contributed by atoms with Crippen LogP contribution in [0.4, 0.5) is 11.6 Å². The molecule has 1 aromatic rings. The highest BCUT2D eigenvalue weighted by molar-refractivity contribution is 5.82. The fraction of sp³-hybridized carbons (Fsp3) is 0.636. The van der Waals surface area contributed by atoms with Gasteiger partial charge >= 0.3 is 0 Å². The molecule has 0 bridgehead atoms. The largest absolute Gasteiger partial charge is 0.382 e. The number of nitrogen functional groups attached to an aromatic ring is 1. The number of aromatic amines is 1. The summed E-state index contributed by atoms with van der Waals surface area (Å²) in [6, 6.07) is 0. The van der Waals surface area contributed by atoms with Crippen LogP contribution in [0.2, 0.25) is 0 Å². The van der Waals surface area contributed by atoms with Crippen LogP contribution in [0.1, 0.15) is 19.7 Å². The molecule has 6 heteroatoms. The summed E-state index contributed by atoms with van der Waals surface area (Å²) >= 11 is 0. The summed E-state index contributed by atoms with van der Waals surface area (Å²) in [6.07, 6.45) is 0. The molecule has 17 heavy (non-hydrogen) atoms. The molecule has 0 saturated carbocycles. The molecule has 1 amide bonds. The van der Waals surface area contributed by atoms with Gasteiger partial charge in [-0.15, -0.1) is 0 Å². The summed E-state index contributed by atoms with van der Waals surface area (Å²) in [6.45, 7) is 7.50. The molecule has 0 spiro atoms. The number of nitrogens with zero attached hydrogens (tertiary/aromatic N) is 3. The first-order valence-corrected chi connectivity index (χ1v) is 5.80. The van der Waals surface area contributed by atoms with Gasteiger partial charge in [-0.3, -0.25) is 4.79 Å². The predicted molar refractivity (Wildman–Crippen MR) is 68.9 cm³/mol. The van der Waals surface area contributed by atoms with Gasteiger partial charge in [0.2, 0.25) is 5.91 Å². The maximum absolute atomic E-state index is 11.9. The highest BCUT2D eigenvalue weighted by atomic mass is 16.2. The fourth-order valence-corrected chi connectivity index (χ4v) is 1.74. The van der Waals surface area contributed by atoms with E-state index in [2.05, 4.69) is 9.97 Å². The number of hydrogen-bond donors (Lipinski definition) is 2. The first-order chi connectivity index (χ1) is 7.99. The second-order valence-electron chi connectivity index (χ2n) is 3.98. The molecular formula is C11H21N5O. The van der Waals surface area contributed by atoms with Gasteiger partial charge in [-0.2, -0.15) is 0 Å². The molecule has 6 nitrogen and oxygen atoms in total. The van der Waals surface area contributed by atoms with Crippen molar-refractivity contribution < 1.29 is 4.79 Å². The number of hydrogen-bond acceptors (Lipinski definition) is 4. The van der Waals surface area contributed by atoms with E-state index < -0.39 is 0 Å². The zero-order valence-electron chi connectivity index (χ0n) is 10.9. The summed E-state index contributed by atoms with van der Waals surface area (Å²) in [7, 11) is 1.81. The third-order valence-electron chi connectivity index (χ3n) is 2.68. The molecule has 0 saturated heterocycles. The molecule has 0 unspecified atom stereocenters. The Morgan fingerprint density at radius 2 is 2.00 bits per heavy atom. The van der Waals surface area contributed by atoms with E-state index in [1.807, 2.05) is 27.8 Å². The molecule has 0 radical (unpaired) electrons. The summed E-state index contributed by atoms with van der Waals surface area (Å²) in [5.74, 6) is 1.96. The molecule has 0 aliphatic carbocycles. The van der Waals surface area contributed by atoms with Crippen molar-refractivity contribution in [2.75, 3.05) is 37.3 Å². The van der Waals surface area contributed by atoms with Crippen LogP contribution in [-0.2, 0) is 4.79 Å². The molecule has 96 valence electrons. The maximum Gasteiger partial charge on any atom is 0.242 e. The van der Waals surface area contributed by atoms with E-state index >= 15 is 0 Å². The molecule has 1 aromatic heterocycles. The Labute approximate surface area is 102 Å². The van der Waals surface area contributed by atoms with Crippen molar-refractivity contribution in [2.45, 2.75) is 20.8 Å². The van der Waals surface area contributed by atoms with Gasteiger partial charge in [0, 0.05) is 20.1 Å². The molecule has 0 aliphatic rings. The maximum atomic E-state index is 11.9. The second kappa shape index (κ2) is 5.56. The Morgan fingerprint density at radius 3 is 2.41 bits per heavy atom. The number of nitrogens with two attached hydrogens (primary N) is 1. The fourth-order valence-electron chi connectivity index (χ4n) is 1.74. The van der Waals surface area contributed by atoms with Gasteiger partial charge in [0.05, 0.1) is 6.54 Å². The Balaban J connectivity index is 2.69. The minimum Gasteiger partial charge on any atom is -0.382 e. The number of nitrogens with one attached hydrogen (secondary N) is 1. The molecule has 3 N–H and O–H groups in total. The summed E-state index contributed by atoms with van der Waals surface area (Å²) in [4.78, 5) is 22.6. The van der Waals surface area contributed by atoms with E-state index in [0.717, 1.165) is 18.9 Å². The molecular weight excluding hydrogens is 218 g/mol. The van der Waals surface area contributed by atoms with E-state index in [0.29, 0.717) is 11.6 Å². The molecule has 0 atom stereocenters. The van der Waals surface area contributed by atoms with Crippen LogP contribution >= 0.6 is 0 Å².